The zero-order valence-electron chi connectivity index (χ0n) is 18.7. The average Bonchev–Trinajstić information content (AvgIpc) is 2.58. The fourth-order valence-corrected chi connectivity index (χ4v) is 6.02. The number of hydrogen-bond donors (Lipinski definition) is 2. The second-order valence-corrected chi connectivity index (χ2v) is 10.1. The molecule has 2 fully saturated rings. The number of allylic oxidation sites excluding steroid dienone is 3. The molecule has 2 saturated carbocycles. The highest BCUT2D eigenvalue weighted by molar-refractivity contribution is 5.83. The molecule has 2 aliphatic rings. The molecular weight excluding hydrogens is 346 g/mol. The van der Waals surface area contributed by atoms with E-state index < -0.39 is 6.03 Å². The zero-order chi connectivity index (χ0) is 20.9. The molecule has 158 valence electrons. The van der Waals surface area contributed by atoms with Gasteiger partial charge in [-0.25, -0.2) is 10.2 Å². The van der Waals surface area contributed by atoms with Crippen LogP contribution in [-0.4, -0.2) is 11.7 Å². The van der Waals surface area contributed by atoms with E-state index in [1.807, 2.05) is 6.92 Å². The van der Waals surface area contributed by atoms with Gasteiger partial charge in [0.25, 0.3) is 0 Å². The molecule has 0 aromatic heterocycles. The summed E-state index contributed by atoms with van der Waals surface area (Å²) in [7, 11) is 0. The van der Waals surface area contributed by atoms with Gasteiger partial charge in [-0.05, 0) is 87.9 Å². The first kappa shape index (κ1) is 22.7. The molecule has 0 bridgehead atoms. The van der Waals surface area contributed by atoms with Crippen LogP contribution in [0.25, 0.3) is 0 Å². The SMILES string of the molecule is C=C1CC[C@@H]2C(C)(C)CCC[C@]2(C)[C@H]1CC/C(C)=C\CC/C(C)=N\NC(N)=O. The van der Waals surface area contributed by atoms with Gasteiger partial charge in [-0.1, -0.05) is 51.0 Å². The minimum atomic E-state index is -0.614. The summed E-state index contributed by atoms with van der Waals surface area (Å²) in [6.45, 7) is 16.2. The van der Waals surface area contributed by atoms with Crippen molar-refractivity contribution in [2.45, 2.75) is 92.4 Å². The molecule has 0 radical (unpaired) electrons. The maximum atomic E-state index is 10.7. The Morgan fingerprint density at radius 3 is 2.68 bits per heavy atom. The Hall–Kier alpha value is -1.58. The average molecular weight is 388 g/mol. The molecule has 3 atom stereocenters. The van der Waals surface area contributed by atoms with Gasteiger partial charge in [0.2, 0.25) is 0 Å². The fraction of sp³-hybridized carbons (Fsp3) is 0.750. The quantitative estimate of drug-likeness (QED) is 0.299. The van der Waals surface area contributed by atoms with E-state index in [1.165, 1.54) is 49.7 Å². The normalized spacial score (nSPS) is 30.7. The summed E-state index contributed by atoms with van der Waals surface area (Å²) in [5, 5.41) is 3.97. The number of nitrogens with one attached hydrogen (secondary N) is 1. The predicted molar refractivity (Wildman–Crippen MR) is 119 cm³/mol. The number of primary amides is 1. The van der Waals surface area contributed by atoms with E-state index in [2.05, 4.69) is 50.9 Å². The van der Waals surface area contributed by atoms with Crippen LogP contribution in [0, 0.1) is 22.7 Å². The highest BCUT2D eigenvalue weighted by Crippen LogP contribution is 2.61. The smallest absolute Gasteiger partial charge is 0.332 e. The van der Waals surface area contributed by atoms with E-state index in [0.29, 0.717) is 16.7 Å². The standard InChI is InChI=1S/C24H41N3O/c1-17(9-7-10-19(3)26-27-22(25)28)11-13-20-18(2)12-14-21-23(4,5)15-8-16-24(20,21)6/h9,20-21H,2,7-8,10-16H2,1,3-6H3,(H3,25,27,28)/b17-9-,26-19-/t20-,21+,24+/m0/s1. The molecule has 0 spiro atoms. The molecule has 4 heteroatoms. The Labute approximate surface area is 172 Å². The Bertz CT molecular complexity index is 646. The number of amides is 2. The molecule has 0 aromatic carbocycles. The molecule has 0 unspecified atom stereocenters. The summed E-state index contributed by atoms with van der Waals surface area (Å²) < 4.78 is 0. The van der Waals surface area contributed by atoms with E-state index in [1.54, 1.807) is 0 Å². The van der Waals surface area contributed by atoms with Gasteiger partial charge in [0.05, 0.1) is 0 Å². The van der Waals surface area contributed by atoms with E-state index in [4.69, 9.17) is 5.73 Å². The molecule has 2 rings (SSSR count). The number of urea groups is 1. The first-order valence-electron chi connectivity index (χ1n) is 11.0. The summed E-state index contributed by atoms with van der Waals surface area (Å²) >= 11 is 0. The lowest BCUT2D eigenvalue weighted by Gasteiger charge is -2.58. The third-order valence-electron chi connectivity index (χ3n) is 7.50. The number of rotatable bonds is 7. The van der Waals surface area contributed by atoms with Crippen LogP contribution >= 0.6 is 0 Å². The monoisotopic (exact) mass is 387 g/mol. The van der Waals surface area contributed by atoms with Crippen molar-refractivity contribution in [3.63, 3.8) is 0 Å². The summed E-state index contributed by atoms with van der Waals surface area (Å²) in [6.07, 6.45) is 13.1. The highest BCUT2D eigenvalue weighted by atomic mass is 16.2. The Balaban J connectivity index is 1.93. The highest BCUT2D eigenvalue weighted by Gasteiger charge is 2.52. The minimum Gasteiger partial charge on any atom is -0.350 e. The lowest BCUT2D eigenvalue weighted by molar-refractivity contribution is -0.0539. The fourth-order valence-electron chi connectivity index (χ4n) is 6.02. The number of hydrazone groups is 1. The van der Waals surface area contributed by atoms with Crippen molar-refractivity contribution >= 4 is 11.7 Å². The molecule has 0 aliphatic heterocycles. The van der Waals surface area contributed by atoms with E-state index in [9.17, 15) is 4.79 Å². The molecule has 0 heterocycles. The molecule has 3 N–H and O–H groups in total. The lowest BCUT2D eigenvalue weighted by Crippen LogP contribution is -2.49. The molecule has 0 saturated heterocycles. The largest absolute Gasteiger partial charge is 0.350 e. The van der Waals surface area contributed by atoms with Crippen molar-refractivity contribution in [3.05, 3.63) is 23.8 Å². The first-order valence-corrected chi connectivity index (χ1v) is 11.0. The van der Waals surface area contributed by atoms with E-state index in [0.717, 1.165) is 30.9 Å². The summed E-state index contributed by atoms with van der Waals surface area (Å²) in [6, 6.07) is -0.614. The van der Waals surface area contributed by atoms with Gasteiger partial charge in [-0.3, -0.25) is 0 Å². The Morgan fingerprint density at radius 2 is 2.00 bits per heavy atom. The third kappa shape index (κ3) is 5.48. The van der Waals surface area contributed by atoms with Crippen molar-refractivity contribution < 1.29 is 4.79 Å². The van der Waals surface area contributed by atoms with Crippen LogP contribution in [-0.2, 0) is 0 Å². The van der Waals surface area contributed by atoms with Crippen LogP contribution in [0.1, 0.15) is 92.4 Å². The molecular formula is C24H41N3O. The van der Waals surface area contributed by atoms with E-state index in [-0.39, 0.29) is 0 Å². The number of fused-ring (bicyclic) bond motifs is 1. The summed E-state index contributed by atoms with van der Waals surface area (Å²) in [5.74, 6) is 1.47. The van der Waals surface area contributed by atoms with Gasteiger partial charge >= 0.3 is 6.03 Å². The summed E-state index contributed by atoms with van der Waals surface area (Å²) in [5.41, 5.74) is 12.0. The molecule has 0 aromatic rings. The van der Waals surface area contributed by atoms with Crippen LogP contribution in [0.15, 0.2) is 28.9 Å². The number of hydrogen-bond acceptors (Lipinski definition) is 2. The van der Waals surface area contributed by atoms with Crippen LogP contribution in [0.5, 0.6) is 0 Å². The van der Waals surface area contributed by atoms with Gasteiger partial charge < -0.3 is 5.73 Å². The maximum absolute atomic E-state index is 10.7. The molecule has 2 aliphatic carbocycles. The van der Waals surface area contributed by atoms with Gasteiger partial charge in [-0.15, -0.1) is 0 Å². The Kier molecular flexibility index (Phi) is 7.52. The van der Waals surface area contributed by atoms with Gasteiger partial charge in [0.1, 0.15) is 0 Å². The molecule has 2 amide bonds. The van der Waals surface area contributed by atoms with Crippen LogP contribution in [0.4, 0.5) is 4.79 Å². The zero-order valence-corrected chi connectivity index (χ0v) is 18.7. The van der Waals surface area contributed by atoms with Crippen molar-refractivity contribution in [2.75, 3.05) is 0 Å². The lowest BCUT2D eigenvalue weighted by atomic mass is 9.47. The number of carbonyl (C=O) groups excluding carboxylic acids is 1. The second kappa shape index (κ2) is 9.28. The topological polar surface area (TPSA) is 67.5 Å². The number of carbonyl (C=O) groups is 1. The van der Waals surface area contributed by atoms with Gasteiger partial charge in [0, 0.05) is 5.71 Å². The van der Waals surface area contributed by atoms with Crippen molar-refractivity contribution in [1.82, 2.24) is 5.43 Å². The van der Waals surface area contributed by atoms with Crippen molar-refractivity contribution in [1.29, 1.82) is 0 Å². The minimum absolute atomic E-state index is 0.418. The van der Waals surface area contributed by atoms with E-state index >= 15 is 0 Å². The van der Waals surface area contributed by atoms with Crippen molar-refractivity contribution in [2.24, 2.45) is 33.5 Å². The third-order valence-corrected chi connectivity index (χ3v) is 7.50. The van der Waals surface area contributed by atoms with Crippen molar-refractivity contribution in [3.8, 4) is 0 Å². The first-order chi connectivity index (χ1) is 13.1. The van der Waals surface area contributed by atoms with Gasteiger partial charge in [0.15, 0.2) is 0 Å². The number of nitrogens with zero attached hydrogens (tertiary/aromatic N) is 1. The second-order valence-electron chi connectivity index (χ2n) is 10.1. The van der Waals surface area contributed by atoms with Crippen LogP contribution < -0.4 is 11.2 Å². The maximum Gasteiger partial charge on any atom is 0.332 e. The summed E-state index contributed by atoms with van der Waals surface area (Å²) in [4.78, 5) is 10.7. The van der Waals surface area contributed by atoms with Gasteiger partial charge in [-0.2, -0.15) is 5.10 Å². The number of nitrogens with two attached hydrogens (primary N) is 1. The van der Waals surface area contributed by atoms with Crippen LogP contribution in [0.3, 0.4) is 0 Å². The molecule has 4 nitrogen and oxygen atoms in total. The molecule has 28 heavy (non-hydrogen) atoms. The predicted octanol–water partition coefficient (Wildman–Crippen LogP) is 6.34. The Morgan fingerprint density at radius 1 is 1.29 bits per heavy atom. The van der Waals surface area contributed by atoms with Crippen LogP contribution in [0.2, 0.25) is 0 Å².